The van der Waals surface area contributed by atoms with Gasteiger partial charge in [0.25, 0.3) is 0 Å². The van der Waals surface area contributed by atoms with E-state index in [1.165, 1.54) is 6.07 Å². The van der Waals surface area contributed by atoms with Crippen molar-refractivity contribution in [2.75, 3.05) is 0 Å². The summed E-state index contributed by atoms with van der Waals surface area (Å²) in [6.45, 7) is 0. The van der Waals surface area contributed by atoms with Gasteiger partial charge in [0.05, 0.1) is 0 Å². The van der Waals surface area contributed by atoms with E-state index in [1.54, 1.807) is 30.3 Å². The van der Waals surface area contributed by atoms with E-state index in [1.807, 2.05) is 0 Å². The standard InChI is InChI=1S/C10H8BFO2S/c12-10-6-5-9(15-10)7-1-3-8(4-2-7)11(13)14/h1-6,13-14H. The molecule has 1 aromatic carbocycles. The first kappa shape index (κ1) is 10.4. The van der Waals surface area contributed by atoms with Crippen molar-refractivity contribution in [3.05, 3.63) is 41.5 Å². The first-order valence-corrected chi connectivity index (χ1v) is 5.20. The Morgan fingerprint density at radius 1 is 1.00 bits per heavy atom. The quantitative estimate of drug-likeness (QED) is 0.750. The Hall–Kier alpha value is -1.17. The van der Waals surface area contributed by atoms with E-state index in [2.05, 4.69) is 0 Å². The molecule has 0 fully saturated rings. The van der Waals surface area contributed by atoms with Crippen LogP contribution in [0.1, 0.15) is 0 Å². The van der Waals surface area contributed by atoms with Crippen molar-refractivity contribution in [3.8, 4) is 10.4 Å². The van der Waals surface area contributed by atoms with Gasteiger partial charge in [0.2, 0.25) is 0 Å². The lowest BCUT2D eigenvalue weighted by atomic mass is 9.80. The summed E-state index contributed by atoms with van der Waals surface area (Å²) in [4.78, 5) is 0.825. The summed E-state index contributed by atoms with van der Waals surface area (Å²) in [6, 6.07) is 9.80. The van der Waals surface area contributed by atoms with Gasteiger partial charge in [-0.1, -0.05) is 24.3 Å². The molecule has 0 saturated heterocycles. The molecule has 0 spiro atoms. The second-order valence-corrected chi connectivity index (χ2v) is 4.13. The molecule has 2 nitrogen and oxygen atoms in total. The highest BCUT2D eigenvalue weighted by Gasteiger charge is 2.10. The molecule has 1 heterocycles. The lowest BCUT2D eigenvalue weighted by Gasteiger charge is -2.00. The molecule has 0 atom stereocenters. The van der Waals surface area contributed by atoms with Gasteiger partial charge in [-0.2, -0.15) is 4.39 Å². The number of benzene rings is 1. The smallest absolute Gasteiger partial charge is 0.423 e. The van der Waals surface area contributed by atoms with E-state index in [0.29, 0.717) is 5.46 Å². The Morgan fingerprint density at radius 3 is 2.13 bits per heavy atom. The molecule has 0 saturated carbocycles. The highest BCUT2D eigenvalue weighted by molar-refractivity contribution is 7.13. The van der Waals surface area contributed by atoms with Crippen molar-refractivity contribution in [1.29, 1.82) is 0 Å². The first-order chi connectivity index (χ1) is 7.16. The summed E-state index contributed by atoms with van der Waals surface area (Å²) in [7, 11) is -1.46. The van der Waals surface area contributed by atoms with Crippen LogP contribution in [0, 0.1) is 5.13 Å². The van der Waals surface area contributed by atoms with Gasteiger partial charge in [0.15, 0.2) is 5.13 Å². The van der Waals surface area contributed by atoms with E-state index >= 15 is 0 Å². The van der Waals surface area contributed by atoms with Crippen LogP contribution in [0.25, 0.3) is 10.4 Å². The molecule has 0 aliphatic carbocycles. The van der Waals surface area contributed by atoms with Crippen molar-refractivity contribution in [2.24, 2.45) is 0 Å². The molecule has 0 bridgehead atoms. The molecule has 2 aromatic rings. The maximum absolute atomic E-state index is 12.8. The van der Waals surface area contributed by atoms with Crippen molar-refractivity contribution in [2.45, 2.75) is 0 Å². The van der Waals surface area contributed by atoms with Gasteiger partial charge in [-0.05, 0) is 23.2 Å². The molecule has 0 unspecified atom stereocenters. The highest BCUT2D eigenvalue weighted by Crippen LogP contribution is 2.26. The minimum Gasteiger partial charge on any atom is -0.423 e. The van der Waals surface area contributed by atoms with Gasteiger partial charge in [-0.25, -0.2) is 0 Å². The van der Waals surface area contributed by atoms with E-state index in [-0.39, 0.29) is 5.13 Å². The minimum atomic E-state index is -1.46. The topological polar surface area (TPSA) is 40.5 Å². The van der Waals surface area contributed by atoms with Crippen LogP contribution in [0.5, 0.6) is 0 Å². The van der Waals surface area contributed by atoms with Crippen molar-refractivity contribution >= 4 is 23.9 Å². The Balaban J connectivity index is 2.31. The lowest BCUT2D eigenvalue weighted by Crippen LogP contribution is -2.29. The Morgan fingerprint density at radius 2 is 1.67 bits per heavy atom. The van der Waals surface area contributed by atoms with Crippen LogP contribution in [0.15, 0.2) is 36.4 Å². The fraction of sp³-hybridized carbons (Fsp3) is 0. The van der Waals surface area contributed by atoms with Gasteiger partial charge in [0, 0.05) is 4.88 Å². The van der Waals surface area contributed by atoms with E-state index in [4.69, 9.17) is 10.0 Å². The zero-order chi connectivity index (χ0) is 10.8. The molecular weight excluding hydrogens is 214 g/mol. The maximum Gasteiger partial charge on any atom is 0.488 e. The summed E-state index contributed by atoms with van der Waals surface area (Å²) in [6.07, 6.45) is 0. The molecule has 1 aromatic heterocycles. The lowest BCUT2D eigenvalue weighted by molar-refractivity contribution is 0.426. The molecule has 15 heavy (non-hydrogen) atoms. The first-order valence-electron chi connectivity index (χ1n) is 4.38. The van der Waals surface area contributed by atoms with Gasteiger partial charge in [0.1, 0.15) is 0 Å². The predicted octanol–water partition coefficient (Wildman–Crippen LogP) is 1.23. The molecule has 76 valence electrons. The Labute approximate surface area is 90.8 Å². The van der Waals surface area contributed by atoms with Crippen LogP contribution >= 0.6 is 11.3 Å². The van der Waals surface area contributed by atoms with Crippen LogP contribution in [0.3, 0.4) is 0 Å². The van der Waals surface area contributed by atoms with E-state index in [9.17, 15) is 4.39 Å². The monoisotopic (exact) mass is 222 g/mol. The third-order valence-electron chi connectivity index (χ3n) is 2.07. The van der Waals surface area contributed by atoms with Crippen LogP contribution < -0.4 is 5.46 Å². The maximum atomic E-state index is 12.8. The van der Waals surface area contributed by atoms with Crippen molar-refractivity contribution < 1.29 is 14.4 Å². The van der Waals surface area contributed by atoms with Crippen LogP contribution in [0.2, 0.25) is 0 Å². The van der Waals surface area contributed by atoms with Gasteiger partial charge in [-0.15, -0.1) is 11.3 Å². The summed E-state index contributed by atoms with van der Waals surface area (Å²) in [5.41, 5.74) is 1.30. The summed E-state index contributed by atoms with van der Waals surface area (Å²) in [5, 5.41) is 17.5. The molecule has 0 amide bonds. The average Bonchev–Trinajstić information content (AvgIpc) is 2.65. The SMILES string of the molecule is OB(O)c1ccc(-c2ccc(F)s2)cc1. The minimum absolute atomic E-state index is 0.226. The van der Waals surface area contributed by atoms with Crippen molar-refractivity contribution in [3.63, 3.8) is 0 Å². The molecule has 2 rings (SSSR count). The zero-order valence-corrected chi connectivity index (χ0v) is 8.54. The molecule has 5 heteroatoms. The van der Waals surface area contributed by atoms with Crippen molar-refractivity contribution in [1.82, 2.24) is 0 Å². The number of rotatable bonds is 2. The second kappa shape index (κ2) is 4.14. The highest BCUT2D eigenvalue weighted by atomic mass is 32.1. The summed E-state index contributed by atoms with van der Waals surface area (Å²) < 4.78 is 12.8. The molecular formula is C10H8BFO2S. The van der Waals surface area contributed by atoms with Crippen LogP contribution in [-0.2, 0) is 0 Å². The van der Waals surface area contributed by atoms with Gasteiger partial charge in [-0.3, -0.25) is 0 Å². The second-order valence-electron chi connectivity index (χ2n) is 3.10. The summed E-state index contributed by atoms with van der Waals surface area (Å²) in [5.74, 6) is 0. The Kier molecular flexibility index (Phi) is 2.86. The third kappa shape index (κ3) is 2.26. The zero-order valence-electron chi connectivity index (χ0n) is 7.72. The average molecular weight is 222 g/mol. The van der Waals surface area contributed by atoms with Gasteiger partial charge >= 0.3 is 7.12 Å². The van der Waals surface area contributed by atoms with E-state index < -0.39 is 7.12 Å². The van der Waals surface area contributed by atoms with E-state index in [0.717, 1.165) is 21.8 Å². The number of thiophene rings is 1. The molecule has 0 radical (unpaired) electrons. The summed E-state index contributed by atoms with van der Waals surface area (Å²) >= 11 is 1.06. The number of hydrogen-bond donors (Lipinski definition) is 2. The third-order valence-corrected chi connectivity index (χ3v) is 2.99. The van der Waals surface area contributed by atoms with Gasteiger partial charge < -0.3 is 10.0 Å². The van der Waals surface area contributed by atoms with Crippen LogP contribution in [0.4, 0.5) is 4.39 Å². The largest absolute Gasteiger partial charge is 0.488 e. The predicted molar refractivity (Wildman–Crippen MR) is 59.5 cm³/mol. The molecule has 0 aliphatic rings. The number of halogens is 1. The fourth-order valence-electron chi connectivity index (χ4n) is 1.29. The molecule has 0 aliphatic heterocycles. The Bertz CT molecular complexity index is 453. The van der Waals surface area contributed by atoms with Crippen LogP contribution in [-0.4, -0.2) is 17.2 Å². The normalized spacial score (nSPS) is 10.3. The number of hydrogen-bond acceptors (Lipinski definition) is 3. The fourth-order valence-corrected chi connectivity index (χ4v) is 2.03. The molecule has 2 N–H and O–H groups in total.